The van der Waals surface area contributed by atoms with Crippen LogP contribution in [0.4, 0.5) is 5.69 Å². The molecule has 0 spiro atoms. The molecule has 1 aromatic heterocycles. The SMILES string of the molecule is C=C(CN1Cc2c(-c3ccc4[nH]nc(-c5cccc(C#N)c5)c4c3)ccc(N)c2C1=O)C(N)=O. The van der Waals surface area contributed by atoms with E-state index in [1.54, 1.807) is 18.2 Å². The largest absolute Gasteiger partial charge is 0.398 e. The van der Waals surface area contributed by atoms with Crippen LogP contribution in [-0.4, -0.2) is 33.5 Å². The van der Waals surface area contributed by atoms with Gasteiger partial charge in [0, 0.05) is 28.8 Å². The number of aromatic nitrogens is 2. The highest BCUT2D eigenvalue weighted by Crippen LogP contribution is 2.38. The van der Waals surface area contributed by atoms with Gasteiger partial charge in [0.25, 0.3) is 5.91 Å². The van der Waals surface area contributed by atoms with Crippen LogP contribution in [-0.2, 0) is 11.3 Å². The fourth-order valence-electron chi connectivity index (χ4n) is 4.35. The van der Waals surface area contributed by atoms with Crippen LogP contribution >= 0.6 is 0 Å². The topological polar surface area (TPSA) is 142 Å². The lowest BCUT2D eigenvalue weighted by atomic mass is 9.94. The van der Waals surface area contributed by atoms with Gasteiger partial charge in [-0.2, -0.15) is 10.4 Å². The zero-order chi connectivity index (χ0) is 24.0. The van der Waals surface area contributed by atoms with Crippen molar-refractivity contribution in [2.24, 2.45) is 5.73 Å². The Morgan fingerprint density at radius 1 is 1.18 bits per heavy atom. The summed E-state index contributed by atoms with van der Waals surface area (Å²) in [6.07, 6.45) is 0. The molecule has 0 aliphatic carbocycles. The molecule has 0 bridgehead atoms. The zero-order valence-electron chi connectivity index (χ0n) is 18.1. The van der Waals surface area contributed by atoms with Gasteiger partial charge in [0.15, 0.2) is 0 Å². The Labute approximate surface area is 195 Å². The first-order valence-corrected chi connectivity index (χ1v) is 10.5. The number of nitrogens with one attached hydrogen (secondary N) is 1. The predicted molar refractivity (Wildman–Crippen MR) is 129 cm³/mol. The quantitative estimate of drug-likeness (QED) is 0.317. The summed E-state index contributed by atoms with van der Waals surface area (Å²) in [6.45, 7) is 4.00. The number of nitrogen functional groups attached to an aromatic ring is 1. The molecule has 5 N–H and O–H groups in total. The summed E-state index contributed by atoms with van der Waals surface area (Å²) in [5.74, 6) is -0.898. The first-order chi connectivity index (χ1) is 16.4. The lowest BCUT2D eigenvalue weighted by Crippen LogP contribution is -2.30. The first kappa shape index (κ1) is 21.0. The summed E-state index contributed by atoms with van der Waals surface area (Å²) in [5.41, 5.74) is 18.0. The van der Waals surface area contributed by atoms with Crippen molar-refractivity contribution in [3.8, 4) is 28.5 Å². The maximum absolute atomic E-state index is 13.0. The first-order valence-electron chi connectivity index (χ1n) is 10.5. The third-order valence-corrected chi connectivity index (χ3v) is 6.06. The Kier molecular flexibility index (Phi) is 4.87. The number of aromatic amines is 1. The minimum atomic E-state index is -0.643. The second-order valence-corrected chi connectivity index (χ2v) is 8.21. The molecule has 2 amide bonds. The van der Waals surface area contributed by atoms with Gasteiger partial charge in [-0.1, -0.05) is 30.8 Å². The van der Waals surface area contributed by atoms with Crippen LogP contribution in [0, 0.1) is 11.3 Å². The molecule has 0 saturated heterocycles. The number of amides is 2. The van der Waals surface area contributed by atoms with Gasteiger partial charge in [-0.05, 0) is 47.0 Å². The smallest absolute Gasteiger partial charge is 0.256 e. The van der Waals surface area contributed by atoms with Gasteiger partial charge in [0.05, 0.1) is 35.0 Å². The summed E-state index contributed by atoms with van der Waals surface area (Å²) in [6, 6.07) is 18.9. The summed E-state index contributed by atoms with van der Waals surface area (Å²) in [4.78, 5) is 26.0. The van der Waals surface area contributed by atoms with E-state index in [1.807, 2.05) is 36.4 Å². The van der Waals surface area contributed by atoms with E-state index in [9.17, 15) is 14.9 Å². The van der Waals surface area contributed by atoms with Gasteiger partial charge in [-0.3, -0.25) is 14.7 Å². The van der Waals surface area contributed by atoms with Crippen LogP contribution in [0.3, 0.4) is 0 Å². The standard InChI is InChI=1S/C26H20N6O2/c1-14(25(29)33)12-32-13-20-18(6-7-21(28)23(20)26(32)34)16-5-8-22-19(10-16)24(31-30-22)17-4-2-3-15(9-17)11-27/h2-10H,1,12-13,28H2,(H2,29,33)(H,30,31). The molecule has 0 saturated carbocycles. The van der Waals surface area contributed by atoms with Gasteiger partial charge in [0.1, 0.15) is 0 Å². The van der Waals surface area contributed by atoms with E-state index < -0.39 is 5.91 Å². The highest BCUT2D eigenvalue weighted by molar-refractivity contribution is 6.06. The number of anilines is 1. The number of primary amides is 1. The number of nitrogens with two attached hydrogens (primary N) is 2. The molecule has 0 fully saturated rings. The number of nitriles is 1. The highest BCUT2D eigenvalue weighted by atomic mass is 16.2. The van der Waals surface area contributed by atoms with Crippen molar-refractivity contribution in [1.82, 2.24) is 15.1 Å². The number of fused-ring (bicyclic) bond motifs is 2. The Hall–Kier alpha value is -4.90. The monoisotopic (exact) mass is 448 g/mol. The van der Waals surface area contributed by atoms with Crippen LogP contribution < -0.4 is 11.5 Å². The Morgan fingerprint density at radius 2 is 2.00 bits per heavy atom. The van der Waals surface area contributed by atoms with Gasteiger partial charge in [-0.15, -0.1) is 0 Å². The van der Waals surface area contributed by atoms with Gasteiger partial charge in [-0.25, -0.2) is 0 Å². The molecule has 34 heavy (non-hydrogen) atoms. The molecule has 0 unspecified atom stereocenters. The van der Waals surface area contributed by atoms with Gasteiger partial charge in [0.2, 0.25) is 5.91 Å². The third-order valence-electron chi connectivity index (χ3n) is 6.06. The lowest BCUT2D eigenvalue weighted by Gasteiger charge is -2.15. The number of carbonyl (C=O) groups excluding carboxylic acids is 2. The zero-order valence-corrected chi connectivity index (χ0v) is 18.1. The van der Waals surface area contributed by atoms with Gasteiger partial charge < -0.3 is 16.4 Å². The average molecular weight is 448 g/mol. The van der Waals surface area contributed by atoms with E-state index >= 15 is 0 Å². The van der Waals surface area contributed by atoms with Gasteiger partial charge >= 0.3 is 0 Å². The number of benzene rings is 3. The number of H-pyrrole nitrogens is 1. The predicted octanol–water partition coefficient (Wildman–Crippen LogP) is 3.35. The van der Waals surface area contributed by atoms with E-state index in [4.69, 9.17) is 11.5 Å². The molecular formula is C26H20N6O2. The van der Waals surface area contributed by atoms with Crippen LogP contribution in [0.5, 0.6) is 0 Å². The molecule has 8 nitrogen and oxygen atoms in total. The fraction of sp³-hybridized carbons (Fsp3) is 0.0769. The molecule has 4 aromatic rings. The Balaban J connectivity index is 1.60. The van der Waals surface area contributed by atoms with E-state index in [-0.39, 0.29) is 18.0 Å². The number of carbonyl (C=O) groups is 2. The lowest BCUT2D eigenvalue weighted by molar-refractivity contribution is -0.114. The molecule has 3 aromatic carbocycles. The molecule has 2 heterocycles. The van der Waals surface area contributed by atoms with Crippen molar-refractivity contribution >= 4 is 28.4 Å². The average Bonchev–Trinajstić information content (AvgIpc) is 3.40. The molecule has 0 atom stereocenters. The molecular weight excluding hydrogens is 428 g/mol. The molecule has 5 rings (SSSR count). The minimum Gasteiger partial charge on any atom is -0.398 e. The summed E-state index contributed by atoms with van der Waals surface area (Å²) >= 11 is 0. The molecule has 1 aliphatic rings. The van der Waals surface area contributed by atoms with Crippen molar-refractivity contribution in [2.75, 3.05) is 12.3 Å². The summed E-state index contributed by atoms with van der Waals surface area (Å²) in [5, 5.41) is 17.7. The van der Waals surface area contributed by atoms with E-state index in [0.29, 0.717) is 23.4 Å². The van der Waals surface area contributed by atoms with Crippen molar-refractivity contribution in [2.45, 2.75) is 6.54 Å². The van der Waals surface area contributed by atoms with Crippen LogP contribution in [0.15, 0.2) is 66.7 Å². The second-order valence-electron chi connectivity index (χ2n) is 8.21. The maximum atomic E-state index is 13.0. The van der Waals surface area contributed by atoms with Crippen molar-refractivity contribution in [1.29, 1.82) is 5.26 Å². The Bertz CT molecular complexity index is 1560. The number of hydrogen-bond donors (Lipinski definition) is 3. The molecule has 8 heteroatoms. The number of hydrogen-bond acceptors (Lipinski definition) is 5. The third kappa shape index (κ3) is 3.36. The molecule has 0 radical (unpaired) electrons. The second kappa shape index (κ2) is 7.90. The Morgan fingerprint density at radius 3 is 2.76 bits per heavy atom. The van der Waals surface area contributed by atoms with E-state index in [0.717, 1.165) is 38.9 Å². The van der Waals surface area contributed by atoms with E-state index in [1.165, 1.54) is 4.90 Å². The fourth-order valence-corrected chi connectivity index (χ4v) is 4.35. The van der Waals surface area contributed by atoms with Crippen molar-refractivity contribution in [3.05, 3.63) is 83.4 Å². The van der Waals surface area contributed by atoms with Crippen LogP contribution in [0.1, 0.15) is 21.5 Å². The normalized spacial score (nSPS) is 12.6. The number of nitrogens with zero attached hydrogens (tertiary/aromatic N) is 3. The van der Waals surface area contributed by atoms with Crippen molar-refractivity contribution in [3.63, 3.8) is 0 Å². The van der Waals surface area contributed by atoms with Crippen molar-refractivity contribution < 1.29 is 9.59 Å². The van der Waals surface area contributed by atoms with E-state index in [2.05, 4.69) is 22.8 Å². The molecule has 1 aliphatic heterocycles. The minimum absolute atomic E-state index is 0.0435. The number of rotatable bonds is 5. The summed E-state index contributed by atoms with van der Waals surface area (Å²) < 4.78 is 0. The van der Waals surface area contributed by atoms with Crippen LogP contribution in [0.25, 0.3) is 33.3 Å². The summed E-state index contributed by atoms with van der Waals surface area (Å²) in [7, 11) is 0. The maximum Gasteiger partial charge on any atom is 0.256 e. The highest BCUT2D eigenvalue weighted by Gasteiger charge is 2.32. The van der Waals surface area contributed by atoms with Crippen LogP contribution in [0.2, 0.25) is 0 Å². The molecule has 166 valence electrons.